The van der Waals surface area contributed by atoms with Crippen LogP contribution < -0.4 is 4.74 Å². The Morgan fingerprint density at radius 1 is 0.900 bits per heavy atom. The lowest BCUT2D eigenvalue weighted by Crippen LogP contribution is -2.13. The van der Waals surface area contributed by atoms with E-state index in [9.17, 15) is 8.78 Å². The van der Waals surface area contributed by atoms with Crippen LogP contribution in [0.1, 0.15) is 89.5 Å². The van der Waals surface area contributed by atoms with Gasteiger partial charge in [-0.1, -0.05) is 63.0 Å². The number of hydrogen-bond donors (Lipinski definition) is 0. The number of ether oxygens (including phenoxy) is 1. The first kappa shape index (κ1) is 23.0. The number of allylic oxidation sites excluding steroid dienone is 4. The maximum absolute atomic E-state index is 14.5. The molecule has 1 aromatic carbocycles. The molecule has 0 N–H and O–H groups in total. The molecule has 3 rings (SSSR count). The molecule has 0 radical (unpaired) electrons. The first-order chi connectivity index (χ1) is 14.6. The third-order valence-corrected chi connectivity index (χ3v) is 6.92. The van der Waals surface area contributed by atoms with Gasteiger partial charge in [0.05, 0.1) is 6.61 Å². The lowest BCUT2D eigenvalue weighted by molar-refractivity contribution is 0.289. The van der Waals surface area contributed by atoms with Crippen molar-refractivity contribution in [1.82, 2.24) is 0 Å². The summed E-state index contributed by atoms with van der Waals surface area (Å²) in [5, 5.41) is 0. The summed E-state index contributed by atoms with van der Waals surface area (Å²) in [5.41, 5.74) is 0.441. The molecule has 1 saturated carbocycles. The molecule has 0 bridgehead atoms. The van der Waals surface area contributed by atoms with Crippen LogP contribution in [0.15, 0.2) is 36.4 Å². The Kier molecular flexibility index (Phi) is 8.96. The fourth-order valence-electron chi connectivity index (χ4n) is 5.01. The van der Waals surface area contributed by atoms with Crippen LogP contribution in [0.5, 0.6) is 5.75 Å². The molecule has 1 aromatic rings. The summed E-state index contributed by atoms with van der Waals surface area (Å²) in [6.45, 7) is 4.37. The van der Waals surface area contributed by atoms with Gasteiger partial charge in [-0.15, -0.1) is 0 Å². The highest BCUT2D eigenvalue weighted by Gasteiger charge is 2.23. The molecule has 2 atom stereocenters. The van der Waals surface area contributed by atoms with Crippen LogP contribution in [0, 0.1) is 29.4 Å². The molecule has 0 aliphatic heterocycles. The van der Waals surface area contributed by atoms with Crippen molar-refractivity contribution in [2.75, 3.05) is 6.61 Å². The zero-order valence-corrected chi connectivity index (χ0v) is 18.7. The highest BCUT2D eigenvalue weighted by atomic mass is 19.2. The molecule has 30 heavy (non-hydrogen) atoms. The van der Waals surface area contributed by atoms with E-state index in [1.807, 2.05) is 0 Å². The van der Waals surface area contributed by atoms with Gasteiger partial charge in [0.25, 0.3) is 0 Å². The van der Waals surface area contributed by atoms with E-state index in [-0.39, 0.29) is 11.7 Å². The van der Waals surface area contributed by atoms with Gasteiger partial charge in [-0.25, -0.2) is 4.39 Å². The third kappa shape index (κ3) is 6.18. The van der Waals surface area contributed by atoms with Crippen molar-refractivity contribution >= 4 is 0 Å². The number of halogens is 2. The van der Waals surface area contributed by atoms with Crippen LogP contribution in [0.25, 0.3) is 0 Å². The van der Waals surface area contributed by atoms with E-state index < -0.39 is 11.6 Å². The maximum atomic E-state index is 14.5. The van der Waals surface area contributed by atoms with Crippen LogP contribution in [0.3, 0.4) is 0 Å². The van der Waals surface area contributed by atoms with Gasteiger partial charge in [0.1, 0.15) is 0 Å². The van der Waals surface area contributed by atoms with Crippen LogP contribution in [0.4, 0.5) is 8.78 Å². The average Bonchev–Trinajstić information content (AvgIpc) is 2.77. The van der Waals surface area contributed by atoms with E-state index in [0.29, 0.717) is 18.1 Å². The average molecular weight is 417 g/mol. The van der Waals surface area contributed by atoms with Crippen LogP contribution in [0.2, 0.25) is 0 Å². The summed E-state index contributed by atoms with van der Waals surface area (Å²) in [5.74, 6) is 0.393. The summed E-state index contributed by atoms with van der Waals surface area (Å²) >= 11 is 0. The Balaban J connectivity index is 1.49. The normalized spacial score (nSPS) is 26.9. The van der Waals surface area contributed by atoms with Gasteiger partial charge in [0.2, 0.25) is 5.82 Å². The maximum Gasteiger partial charge on any atom is 0.200 e. The zero-order chi connectivity index (χ0) is 21.3. The Bertz CT molecular complexity index is 716. The van der Waals surface area contributed by atoms with E-state index in [1.165, 1.54) is 51.4 Å². The number of unbranched alkanes of at least 4 members (excludes halogenated alkanes) is 2. The molecule has 1 fully saturated rings. The van der Waals surface area contributed by atoms with Crippen LogP contribution in [-0.4, -0.2) is 6.61 Å². The smallest absolute Gasteiger partial charge is 0.200 e. The van der Waals surface area contributed by atoms with E-state index in [2.05, 4.69) is 31.2 Å². The first-order valence-corrected chi connectivity index (χ1v) is 12.1. The largest absolute Gasteiger partial charge is 0.491 e. The minimum absolute atomic E-state index is 0.000525. The van der Waals surface area contributed by atoms with E-state index in [4.69, 9.17) is 4.74 Å². The molecule has 166 valence electrons. The number of hydrogen-bond acceptors (Lipinski definition) is 1. The molecule has 2 aliphatic carbocycles. The second-order valence-corrected chi connectivity index (χ2v) is 9.11. The van der Waals surface area contributed by atoms with Gasteiger partial charge in [-0.05, 0) is 74.8 Å². The Morgan fingerprint density at radius 2 is 1.70 bits per heavy atom. The highest BCUT2D eigenvalue weighted by Crippen LogP contribution is 2.36. The van der Waals surface area contributed by atoms with Gasteiger partial charge >= 0.3 is 0 Å². The van der Waals surface area contributed by atoms with Gasteiger partial charge in [0.15, 0.2) is 11.6 Å². The van der Waals surface area contributed by atoms with Crippen molar-refractivity contribution in [3.63, 3.8) is 0 Å². The highest BCUT2D eigenvalue weighted by molar-refractivity contribution is 5.35. The molecule has 1 nitrogen and oxygen atoms in total. The second kappa shape index (κ2) is 11.7. The summed E-state index contributed by atoms with van der Waals surface area (Å²) in [7, 11) is 0. The van der Waals surface area contributed by atoms with Crippen molar-refractivity contribution in [2.24, 2.45) is 17.8 Å². The summed E-state index contributed by atoms with van der Waals surface area (Å²) in [6, 6.07) is 3.23. The monoisotopic (exact) mass is 416 g/mol. The van der Waals surface area contributed by atoms with Crippen molar-refractivity contribution in [3.8, 4) is 5.75 Å². The minimum Gasteiger partial charge on any atom is -0.491 e. The first-order valence-electron chi connectivity index (χ1n) is 12.1. The van der Waals surface area contributed by atoms with Crippen molar-refractivity contribution in [2.45, 2.75) is 84.0 Å². The quantitative estimate of drug-likeness (QED) is 0.290. The van der Waals surface area contributed by atoms with Crippen LogP contribution in [-0.2, 0) is 0 Å². The molecule has 2 unspecified atom stereocenters. The Morgan fingerprint density at radius 3 is 2.37 bits per heavy atom. The molecule has 0 aromatic heterocycles. The van der Waals surface area contributed by atoms with Crippen LogP contribution >= 0.6 is 0 Å². The molecule has 3 heteroatoms. The molecular weight excluding hydrogens is 378 g/mol. The zero-order valence-electron chi connectivity index (χ0n) is 18.7. The topological polar surface area (TPSA) is 9.23 Å². The van der Waals surface area contributed by atoms with Gasteiger partial charge < -0.3 is 4.74 Å². The molecule has 0 heterocycles. The molecule has 0 amide bonds. The lowest BCUT2D eigenvalue weighted by atomic mass is 9.78. The molecule has 0 saturated heterocycles. The fourth-order valence-corrected chi connectivity index (χ4v) is 5.01. The number of rotatable bonds is 9. The van der Waals surface area contributed by atoms with E-state index >= 15 is 0 Å². The molecule has 2 aliphatic rings. The summed E-state index contributed by atoms with van der Waals surface area (Å²) < 4.78 is 33.8. The second-order valence-electron chi connectivity index (χ2n) is 9.11. The van der Waals surface area contributed by atoms with E-state index in [1.54, 1.807) is 19.1 Å². The lowest BCUT2D eigenvalue weighted by Gasteiger charge is -2.27. The Labute approximate surface area is 181 Å². The van der Waals surface area contributed by atoms with Crippen molar-refractivity contribution < 1.29 is 13.5 Å². The van der Waals surface area contributed by atoms with Gasteiger partial charge in [-0.2, -0.15) is 4.39 Å². The minimum atomic E-state index is -0.866. The standard InChI is InChI=1S/C27H38F2O/c1-3-5-6-7-20-8-10-21(11-9-20)12-13-22-14-16-23(17-15-22)24-18-19-25(30-4-2)27(29)26(24)28/h12-14,16,18-23H,3-11,15,17H2,1-2H3/b13-12+. The Hall–Kier alpha value is -1.64. The van der Waals surface area contributed by atoms with Crippen molar-refractivity contribution in [3.05, 3.63) is 53.6 Å². The van der Waals surface area contributed by atoms with E-state index in [0.717, 1.165) is 24.7 Å². The predicted octanol–water partition coefficient (Wildman–Crippen LogP) is 8.36. The van der Waals surface area contributed by atoms with Gasteiger partial charge in [0, 0.05) is 5.92 Å². The van der Waals surface area contributed by atoms with Gasteiger partial charge in [-0.3, -0.25) is 0 Å². The summed E-state index contributed by atoms with van der Waals surface area (Å²) in [6.07, 6.45) is 21.7. The molecular formula is C27H38F2O. The fraction of sp³-hybridized carbons (Fsp3) is 0.630. The third-order valence-electron chi connectivity index (χ3n) is 6.92. The predicted molar refractivity (Wildman–Crippen MR) is 121 cm³/mol. The SMILES string of the molecule is CCCCCC1CCC(/C=C/C2C=CC(c3ccc(OCC)c(F)c3F)CC2)CC1. The number of benzene rings is 1. The van der Waals surface area contributed by atoms with Crippen molar-refractivity contribution in [1.29, 1.82) is 0 Å². The molecule has 0 spiro atoms. The summed E-state index contributed by atoms with van der Waals surface area (Å²) in [4.78, 5) is 0.